The van der Waals surface area contributed by atoms with Crippen molar-refractivity contribution in [2.24, 2.45) is 7.05 Å². The number of rotatable bonds is 6. The van der Waals surface area contributed by atoms with Gasteiger partial charge in [-0.2, -0.15) is 13.2 Å². The molecule has 4 heterocycles. The number of hydrogen-bond donors (Lipinski definition) is 1. The Bertz CT molecular complexity index is 1970. The lowest BCUT2D eigenvalue weighted by Gasteiger charge is -2.38. The zero-order chi connectivity index (χ0) is 33.6. The van der Waals surface area contributed by atoms with Crippen LogP contribution in [0.2, 0.25) is 0 Å². The molecule has 0 bridgehead atoms. The number of aromatic nitrogens is 3. The van der Waals surface area contributed by atoms with Gasteiger partial charge < -0.3 is 24.4 Å². The number of aryl methyl sites for hydroxylation is 2. The van der Waals surface area contributed by atoms with Crippen molar-refractivity contribution in [1.82, 2.24) is 19.4 Å². The van der Waals surface area contributed by atoms with Crippen LogP contribution in [0.1, 0.15) is 28.4 Å². The number of carbonyl (C=O) groups excluding carboxylic acids is 1. The molecule has 2 aromatic heterocycles. The lowest BCUT2D eigenvalue weighted by atomic mass is 10.0. The Hall–Kier alpha value is -4.92. The monoisotopic (exact) mass is 657 g/mol. The Balaban J connectivity index is 1.26. The largest absolute Gasteiger partial charge is 0.486 e. The van der Waals surface area contributed by atoms with Crippen LogP contribution in [0.25, 0.3) is 16.6 Å². The summed E-state index contributed by atoms with van der Waals surface area (Å²) in [5.74, 6) is -1.20. The molecule has 1 fully saturated rings. The molecule has 0 radical (unpaired) electrons. The third kappa shape index (κ3) is 5.90. The number of benzene rings is 2. The Labute approximate surface area is 265 Å². The molecule has 15 heteroatoms. The number of pyridine rings is 1. The molecule has 1 amide bonds. The van der Waals surface area contributed by atoms with Crippen molar-refractivity contribution in [2.45, 2.75) is 38.5 Å². The van der Waals surface area contributed by atoms with E-state index in [9.17, 15) is 27.6 Å². The van der Waals surface area contributed by atoms with Crippen molar-refractivity contribution in [1.29, 1.82) is 0 Å². The van der Waals surface area contributed by atoms with Gasteiger partial charge in [0.1, 0.15) is 25.1 Å². The first-order chi connectivity index (χ1) is 22.4. The first-order valence-electron chi connectivity index (χ1n) is 14.9. The van der Waals surface area contributed by atoms with Gasteiger partial charge in [0.25, 0.3) is 11.5 Å². The summed E-state index contributed by atoms with van der Waals surface area (Å²) in [7, 11) is 1.53. The molecule has 0 spiro atoms. The van der Waals surface area contributed by atoms with Gasteiger partial charge in [-0.05, 0) is 50.1 Å². The van der Waals surface area contributed by atoms with E-state index in [1.165, 1.54) is 43.1 Å². The molecule has 2 aliphatic heterocycles. The Kier molecular flexibility index (Phi) is 8.42. The summed E-state index contributed by atoms with van der Waals surface area (Å²) in [6.07, 6.45) is -1.48. The fraction of sp³-hybridized carbons (Fsp3) is 0.375. The van der Waals surface area contributed by atoms with Gasteiger partial charge in [0.05, 0.1) is 41.6 Å². The number of nitrogens with one attached hydrogen (secondary N) is 1. The number of hydrogen-bond acceptors (Lipinski definition) is 8. The zero-order valence-corrected chi connectivity index (χ0v) is 25.7. The van der Waals surface area contributed by atoms with Crippen LogP contribution in [0.5, 0.6) is 11.5 Å². The third-order valence-electron chi connectivity index (χ3n) is 8.30. The van der Waals surface area contributed by atoms with Crippen LogP contribution in [-0.2, 0) is 18.2 Å². The van der Waals surface area contributed by atoms with Crippen LogP contribution in [0.4, 0.5) is 23.2 Å². The van der Waals surface area contributed by atoms with E-state index in [1.54, 1.807) is 19.1 Å². The van der Waals surface area contributed by atoms with Crippen molar-refractivity contribution in [3.63, 3.8) is 0 Å². The number of nitrogens with zero attached hydrogens (tertiary/aromatic N) is 4. The molecule has 11 nitrogen and oxygen atoms in total. The molecule has 47 heavy (non-hydrogen) atoms. The lowest BCUT2D eigenvalue weighted by molar-refractivity contribution is -0.167. The van der Waals surface area contributed by atoms with Crippen LogP contribution in [0.15, 0.2) is 52.3 Å². The molecule has 1 N–H and O–H groups in total. The predicted molar refractivity (Wildman–Crippen MR) is 163 cm³/mol. The van der Waals surface area contributed by atoms with Crippen LogP contribution in [0, 0.1) is 12.7 Å². The molecule has 0 saturated carbocycles. The fourth-order valence-electron chi connectivity index (χ4n) is 6.06. The van der Waals surface area contributed by atoms with Gasteiger partial charge >= 0.3 is 11.9 Å². The first-order valence-corrected chi connectivity index (χ1v) is 14.9. The number of fused-ring (bicyclic) bond motifs is 2. The molecule has 2 aliphatic rings. The van der Waals surface area contributed by atoms with E-state index in [0.29, 0.717) is 16.8 Å². The van der Waals surface area contributed by atoms with Gasteiger partial charge in [-0.25, -0.2) is 13.8 Å². The summed E-state index contributed by atoms with van der Waals surface area (Å²) >= 11 is 0. The van der Waals surface area contributed by atoms with E-state index in [-0.39, 0.29) is 66.4 Å². The molecule has 0 aliphatic carbocycles. The van der Waals surface area contributed by atoms with Gasteiger partial charge in [-0.15, -0.1) is 0 Å². The number of ether oxygens (including phenoxy) is 3. The second-order valence-electron chi connectivity index (χ2n) is 11.5. The lowest BCUT2D eigenvalue weighted by Crippen LogP contribution is -2.53. The van der Waals surface area contributed by atoms with Gasteiger partial charge in [0.2, 0.25) is 0 Å². The van der Waals surface area contributed by atoms with Crippen molar-refractivity contribution < 1.29 is 36.6 Å². The number of morpholine rings is 1. The van der Waals surface area contributed by atoms with E-state index < -0.39 is 47.8 Å². The summed E-state index contributed by atoms with van der Waals surface area (Å²) in [4.78, 5) is 45.0. The average molecular weight is 658 g/mol. The molecule has 0 unspecified atom stereocenters. The molecule has 2 aromatic carbocycles. The van der Waals surface area contributed by atoms with E-state index in [2.05, 4.69) is 10.3 Å². The minimum absolute atomic E-state index is 0.0103. The summed E-state index contributed by atoms with van der Waals surface area (Å²) in [5.41, 5.74) is -0.0910. The molecule has 1 saturated heterocycles. The average Bonchev–Trinajstić information content (AvgIpc) is 3.04. The Morgan fingerprint density at radius 3 is 2.57 bits per heavy atom. The molecule has 2 atom stereocenters. The van der Waals surface area contributed by atoms with Crippen LogP contribution in [-0.4, -0.2) is 71.3 Å². The van der Waals surface area contributed by atoms with Crippen LogP contribution >= 0.6 is 0 Å². The van der Waals surface area contributed by atoms with Crippen molar-refractivity contribution in [3.05, 3.63) is 86.1 Å². The van der Waals surface area contributed by atoms with Crippen molar-refractivity contribution in [3.8, 4) is 17.2 Å². The number of anilines is 1. The standard InChI is InChI=1S/C32H31F4N5O6/c1-17-12-20(40-8-9-45-16-25(40)32(34,35)36)14-22(33)26(17)29(42)38-18(2)13-19-4-5-23(28-27(19)46-10-11-47-28)41-30(43)21-6-7-37-15-24(21)39(3)31(41)44/h4-7,12,14-15,18,25H,8-11,13,16H2,1-3H3,(H,38,42)/t18-,25-/m1/s1. The minimum atomic E-state index is -4.58. The molecular formula is C32H31F4N5O6. The molecule has 248 valence electrons. The molecular weight excluding hydrogens is 626 g/mol. The maximum atomic E-state index is 15.3. The summed E-state index contributed by atoms with van der Waals surface area (Å²) in [6, 6.07) is 4.55. The number of halogens is 4. The highest BCUT2D eigenvalue weighted by atomic mass is 19.4. The Morgan fingerprint density at radius 2 is 1.85 bits per heavy atom. The summed E-state index contributed by atoms with van der Waals surface area (Å²) in [5, 5.41) is 3.04. The van der Waals surface area contributed by atoms with E-state index in [4.69, 9.17) is 14.2 Å². The second-order valence-corrected chi connectivity index (χ2v) is 11.5. The predicted octanol–water partition coefficient (Wildman–Crippen LogP) is 3.43. The van der Waals surface area contributed by atoms with Crippen molar-refractivity contribution >= 4 is 22.5 Å². The highest BCUT2D eigenvalue weighted by molar-refractivity contribution is 5.96. The van der Waals surface area contributed by atoms with Gasteiger partial charge in [-0.1, -0.05) is 6.07 Å². The smallest absolute Gasteiger partial charge is 0.411 e. The molecule has 6 rings (SSSR count). The van der Waals surface area contributed by atoms with Gasteiger partial charge in [0.15, 0.2) is 11.5 Å². The third-order valence-corrected chi connectivity index (χ3v) is 8.30. The minimum Gasteiger partial charge on any atom is -0.486 e. The quantitative estimate of drug-likeness (QED) is 0.314. The maximum absolute atomic E-state index is 15.3. The van der Waals surface area contributed by atoms with E-state index >= 15 is 4.39 Å². The van der Waals surface area contributed by atoms with E-state index in [0.717, 1.165) is 15.5 Å². The van der Waals surface area contributed by atoms with Gasteiger partial charge in [-0.3, -0.25) is 19.1 Å². The summed E-state index contributed by atoms with van der Waals surface area (Å²) < 4.78 is 75.3. The highest BCUT2D eigenvalue weighted by Gasteiger charge is 2.45. The number of alkyl halides is 3. The number of amides is 1. The van der Waals surface area contributed by atoms with Crippen LogP contribution in [0.3, 0.4) is 0 Å². The highest BCUT2D eigenvalue weighted by Crippen LogP contribution is 2.39. The van der Waals surface area contributed by atoms with Gasteiger partial charge in [0, 0.05) is 37.1 Å². The second kappa shape index (κ2) is 12.4. The van der Waals surface area contributed by atoms with E-state index in [1.807, 2.05) is 0 Å². The van der Waals surface area contributed by atoms with Crippen molar-refractivity contribution in [2.75, 3.05) is 37.9 Å². The SMILES string of the molecule is Cc1cc(N2CCOC[C@@H]2C(F)(F)F)cc(F)c1C(=O)N[C@H](C)Cc1ccc(-n2c(=O)c3ccncc3n(C)c2=O)c2c1OCCO2. The fourth-order valence-corrected chi connectivity index (χ4v) is 6.06. The first kappa shape index (κ1) is 32.0. The summed E-state index contributed by atoms with van der Waals surface area (Å²) in [6.45, 7) is 2.94. The molecule has 4 aromatic rings. The topological polar surface area (TPSA) is 117 Å². The zero-order valence-electron chi connectivity index (χ0n) is 25.7. The van der Waals surface area contributed by atoms with Crippen LogP contribution < -0.4 is 30.9 Å². The Morgan fingerprint density at radius 1 is 1.11 bits per heavy atom. The number of carbonyl (C=O) groups is 1. The maximum Gasteiger partial charge on any atom is 0.411 e. The normalized spacial score (nSPS) is 17.1.